The summed E-state index contributed by atoms with van der Waals surface area (Å²) in [5.74, 6) is 0.704. The van der Waals surface area contributed by atoms with Gasteiger partial charge in [-0.15, -0.1) is 0 Å². The minimum absolute atomic E-state index is 0.106. The number of hydrogen-bond acceptors (Lipinski definition) is 2. The molecule has 1 heterocycles. The maximum Gasteiger partial charge on any atom is 0.0685 e. The van der Waals surface area contributed by atoms with Crippen LogP contribution in [-0.4, -0.2) is 17.7 Å². The predicted molar refractivity (Wildman–Crippen MR) is 79.0 cm³/mol. The smallest absolute Gasteiger partial charge is 0.0685 e. The van der Waals surface area contributed by atoms with Gasteiger partial charge in [-0.25, -0.2) is 0 Å². The Balaban J connectivity index is 1.68. The molecular weight excluding hydrogens is 234 g/mol. The van der Waals surface area contributed by atoms with Crippen LogP contribution in [0.5, 0.6) is 0 Å². The zero-order valence-corrected chi connectivity index (χ0v) is 12.8. The van der Waals surface area contributed by atoms with E-state index in [4.69, 9.17) is 10.5 Å². The summed E-state index contributed by atoms with van der Waals surface area (Å²) in [6.07, 6.45) is 12.8. The fourth-order valence-corrected chi connectivity index (χ4v) is 4.69. The molecule has 0 bridgehead atoms. The lowest BCUT2D eigenvalue weighted by molar-refractivity contribution is -0.110. The zero-order valence-electron chi connectivity index (χ0n) is 12.8. The Hall–Kier alpha value is -0.0800. The third kappa shape index (κ3) is 2.71. The number of ether oxygens (including phenoxy) is 1. The molecule has 0 aromatic heterocycles. The second-order valence-electron chi connectivity index (χ2n) is 8.33. The van der Waals surface area contributed by atoms with Crippen LogP contribution >= 0.6 is 0 Å². The summed E-state index contributed by atoms with van der Waals surface area (Å²) >= 11 is 0. The van der Waals surface area contributed by atoms with Crippen LogP contribution in [0.25, 0.3) is 0 Å². The molecule has 1 unspecified atom stereocenters. The van der Waals surface area contributed by atoms with E-state index in [1.807, 2.05) is 0 Å². The first-order valence-electron chi connectivity index (χ1n) is 8.36. The van der Waals surface area contributed by atoms with E-state index in [1.165, 1.54) is 64.2 Å². The van der Waals surface area contributed by atoms with Gasteiger partial charge in [0.05, 0.1) is 5.60 Å². The Morgan fingerprint density at radius 3 is 2.21 bits per heavy atom. The van der Waals surface area contributed by atoms with Gasteiger partial charge in [-0.3, -0.25) is 0 Å². The molecule has 0 aromatic carbocycles. The van der Waals surface area contributed by atoms with Crippen molar-refractivity contribution in [2.24, 2.45) is 17.1 Å². The van der Waals surface area contributed by atoms with E-state index in [0.717, 1.165) is 6.61 Å². The molecule has 1 atom stereocenters. The number of hydrogen-bond donors (Lipinski definition) is 1. The molecule has 3 aliphatic rings. The minimum atomic E-state index is 0.106. The van der Waals surface area contributed by atoms with Crippen molar-refractivity contribution in [3.8, 4) is 0 Å². The first-order chi connectivity index (χ1) is 8.93. The minimum Gasteiger partial charge on any atom is -0.375 e. The van der Waals surface area contributed by atoms with E-state index in [9.17, 15) is 0 Å². The molecule has 2 heteroatoms. The lowest BCUT2D eigenvalue weighted by Crippen LogP contribution is -2.55. The Kier molecular flexibility index (Phi) is 3.46. The second-order valence-corrected chi connectivity index (χ2v) is 8.33. The summed E-state index contributed by atoms with van der Waals surface area (Å²) in [6.45, 7) is 5.75. The van der Waals surface area contributed by atoms with Gasteiger partial charge in [0.2, 0.25) is 0 Å². The first-order valence-corrected chi connectivity index (χ1v) is 8.36. The maximum atomic E-state index is 6.85. The molecule has 3 fully saturated rings. The molecule has 0 radical (unpaired) electrons. The molecule has 1 saturated heterocycles. The fourth-order valence-electron chi connectivity index (χ4n) is 4.69. The third-order valence-corrected chi connectivity index (χ3v) is 6.36. The molecule has 1 spiro atoms. The van der Waals surface area contributed by atoms with Gasteiger partial charge in [-0.05, 0) is 62.7 Å². The molecule has 2 nitrogen and oxygen atoms in total. The second kappa shape index (κ2) is 4.73. The van der Waals surface area contributed by atoms with Gasteiger partial charge in [0, 0.05) is 12.1 Å². The summed E-state index contributed by atoms with van der Waals surface area (Å²) in [7, 11) is 0. The highest BCUT2D eigenvalue weighted by Gasteiger charge is 2.47. The number of rotatable bonds is 1. The highest BCUT2D eigenvalue weighted by Crippen LogP contribution is 2.49. The van der Waals surface area contributed by atoms with Gasteiger partial charge in [0.15, 0.2) is 0 Å². The van der Waals surface area contributed by atoms with E-state index >= 15 is 0 Å². The van der Waals surface area contributed by atoms with Gasteiger partial charge in [-0.1, -0.05) is 26.7 Å². The molecule has 19 heavy (non-hydrogen) atoms. The molecule has 2 aliphatic carbocycles. The SMILES string of the molecule is CC1(C)CCC(N)(C2CCOC3(CCCC3)C2)CC1. The largest absolute Gasteiger partial charge is 0.375 e. The van der Waals surface area contributed by atoms with Crippen molar-refractivity contribution in [2.75, 3.05) is 6.61 Å². The molecule has 110 valence electrons. The van der Waals surface area contributed by atoms with Crippen molar-refractivity contribution < 1.29 is 4.74 Å². The first kappa shape index (κ1) is 13.9. The van der Waals surface area contributed by atoms with E-state index in [2.05, 4.69) is 13.8 Å². The van der Waals surface area contributed by atoms with Crippen LogP contribution in [0.15, 0.2) is 0 Å². The average Bonchev–Trinajstić information content (AvgIpc) is 2.82. The number of nitrogens with two attached hydrogens (primary N) is 1. The highest BCUT2D eigenvalue weighted by molar-refractivity contribution is 5.02. The molecule has 0 amide bonds. The van der Waals surface area contributed by atoms with E-state index < -0.39 is 0 Å². The highest BCUT2D eigenvalue weighted by atomic mass is 16.5. The summed E-state index contributed by atoms with van der Waals surface area (Å²) in [6, 6.07) is 0. The van der Waals surface area contributed by atoms with Crippen LogP contribution < -0.4 is 5.73 Å². The molecule has 2 saturated carbocycles. The third-order valence-electron chi connectivity index (χ3n) is 6.36. The van der Waals surface area contributed by atoms with Crippen LogP contribution in [0.3, 0.4) is 0 Å². The lowest BCUT2D eigenvalue weighted by atomic mass is 9.62. The van der Waals surface area contributed by atoms with Crippen molar-refractivity contribution >= 4 is 0 Å². The topological polar surface area (TPSA) is 35.2 Å². The predicted octanol–water partition coefficient (Wildman–Crippen LogP) is 4.02. The van der Waals surface area contributed by atoms with E-state index in [-0.39, 0.29) is 11.1 Å². The molecule has 0 aromatic rings. The fraction of sp³-hybridized carbons (Fsp3) is 1.00. The van der Waals surface area contributed by atoms with Crippen molar-refractivity contribution in [1.29, 1.82) is 0 Å². The summed E-state index contributed by atoms with van der Waals surface area (Å²) in [5, 5.41) is 0. The average molecular weight is 265 g/mol. The van der Waals surface area contributed by atoms with Crippen LogP contribution in [0.1, 0.15) is 78.1 Å². The van der Waals surface area contributed by atoms with Crippen molar-refractivity contribution in [2.45, 2.75) is 89.2 Å². The monoisotopic (exact) mass is 265 g/mol. The van der Waals surface area contributed by atoms with Gasteiger partial charge in [0.1, 0.15) is 0 Å². The Morgan fingerprint density at radius 1 is 0.947 bits per heavy atom. The zero-order chi connectivity index (χ0) is 13.6. The maximum absolute atomic E-state index is 6.85. The van der Waals surface area contributed by atoms with Crippen molar-refractivity contribution in [3.05, 3.63) is 0 Å². The van der Waals surface area contributed by atoms with E-state index in [1.54, 1.807) is 0 Å². The molecule has 3 rings (SSSR count). The lowest BCUT2D eigenvalue weighted by Gasteiger charge is -2.50. The summed E-state index contributed by atoms with van der Waals surface area (Å²) in [4.78, 5) is 0. The van der Waals surface area contributed by atoms with Gasteiger partial charge in [0.25, 0.3) is 0 Å². The Labute approximate surface area is 118 Å². The van der Waals surface area contributed by atoms with Gasteiger partial charge >= 0.3 is 0 Å². The molecular formula is C17H31NO. The van der Waals surface area contributed by atoms with Crippen LogP contribution in [0.4, 0.5) is 0 Å². The molecule has 1 aliphatic heterocycles. The van der Waals surface area contributed by atoms with Crippen LogP contribution in [0.2, 0.25) is 0 Å². The summed E-state index contributed by atoms with van der Waals surface area (Å²) < 4.78 is 6.18. The normalized spacial score (nSPS) is 36.5. The standard InChI is InChI=1S/C17H31NO/c1-15(2)8-10-17(18,11-9-15)14-5-12-19-16(13-14)6-3-4-7-16/h14H,3-13,18H2,1-2H3. The Bertz CT molecular complexity index is 320. The molecule has 2 N–H and O–H groups in total. The van der Waals surface area contributed by atoms with Crippen molar-refractivity contribution in [1.82, 2.24) is 0 Å². The van der Waals surface area contributed by atoms with Crippen molar-refractivity contribution in [3.63, 3.8) is 0 Å². The van der Waals surface area contributed by atoms with Gasteiger partial charge in [-0.2, -0.15) is 0 Å². The Morgan fingerprint density at radius 2 is 1.58 bits per heavy atom. The van der Waals surface area contributed by atoms with Gasteiger partial charge < -0.3 is 10.5 Å². The van der Waals surface area contributed by atoms with Crippen LogP contribution in [0, 0.1) is 11.3 Å². The summed E-state index contributed by atoms with van der Waals surface area (Å²) in [5.41, 5.74) is 7.69. The van der Waals surface area contributed by atoms with Crippen LogP contribution in [-0.2, 0) is 4.74 Å². The quantitative estimate of drug-likeness (QED) is 0.777. The van der Waals surface area contributed by atoms with E-state index in [0.29, 0.717) is 11.3 Å².